The Balaban J connectivity index is 2.01. The van der Waals surface area contributed by atoms with Crippen molar-refractivity contribution in [3.05, 3.63) is 0 Å². The van der Waals surface area contributed by atoms with Gasteiger partial charge in [0.1, 0.15) is 6.04 Å². The van der Waals surface area contributed by atoms with Crippen LogP contribution in [0.3, 0.4) is 0 Å². The van der Waals surface area contributed by atoms with Crippen LogP contribution in [0.15, 0.2) is 0 Å². The molecule has 2 fully saturated rings. The van der Waals surface area contributed by atoms with Gasteiger partial charge in [0.15, 0.2) is 0 Å². The molecule has 0 spiro atoms. The van der Waals surface area contributed by atoms with Crippen molar-refractivity contribution in [2.24, 2.45) is 11.7 Å². The molecule has 1 heterocycles. The molecule has 0 aromatic rings. The molecule has 2 aliphatic rings. The average Bonchev–Trinajstić information content (AvgIpc) is 3.07. The first-order valence-electron chi connectivity index (χ1n) is 7.99. The molecule has 3 atom stereocenters. The van der Waals surface area contributed by atoms with Crippen molar-refractivity contribution in [2.45, 2.75) is 57.5 Å². The number of hydrogen-bond donors (Lipinski definition) is 2. The van der Waals surface area contributed by atoms with Gasteiger partial charge in [-0.3, -0.25) is 4.79 Å². The topological polar surface area (TPSA) is 92.5 Å². The molecule has 0 aromatic carbocycles. The van der Waals surface area contributed by atoms with Gasteiger partial charge in [-0.15, -0.1) is 0 Å². The Morgan fingerprint density at radius 1 is 1.29 bits per heavy atom. The highest BCUT2D eigenvalue weighted by molar-refractivity contribution is 7.89. The van der Waals surface area contributed by atoms with E-state index in [-0.39, 0.29) is 17.7 Å². The molecule has 1 aliphatic carbocycles. The third-order valence-electron chi connectivity index (χ3n) is 4.62. The number of carbonyl (C=O) groups excluding carboxylic acids is 1. The van der Waals surface area contributed by atoms with Crippen molar-refractivity contribution in [1.29, 1.82) is 0 Å². The van der Waals surface area contributed by atoms with Crippen LogP contribution >= 0.6 is 0 Å². The number of rotatable bonds is 6. The molecular formula is C14H27N3O3S. The third-order valence-corrected chi connectivity index (χ3v) is 6.69. The van der Waals surface area contributed by atoms with Gasteiger partial charge in [-0.05, 0) is 44.6 Å². The predicted molar refractivity (Wildman–Crippen MR) is 82.1 cm³/mol. The van der Waals surface area contributed by atoms with E-state index in [0.717, 1.165) is 25.7 Å². The second-order valence-electron chi connectivity index (χ2n) is 6.13. The lowest BCUT2D eigenvalue weighted by Crippen LogP contribution is -2.50. The highest BCUT2D eigenvalue weighted by atomic mass is 32.2. The lowest BCUT2D eigenvalue weighted by atomic mass is 10.0. The zero-order valence-corrected chi connectivity index (χ0v) is 13.6. The minimum Gasteiger partial charge on any atom is -0.352 e. The number of nitrogens with zero attached hydrogens (tertiary/aromatic N) is 1. The molecule has 1 amide bonds. The number of carbonyl (C=O) groups is 1. The van der Waals surface area contributed by atoms with E-state index in [9.17, 15) is 13.2 Å². The molecular weight excluding hydrogens is 290 g/mol. The Morgan fingerprint density at radius 2 is 2.05 bits per heavy atom. The predicted octanol–water partition coefficient (Wildman–Crippen LogP) is 0.434. The summed E-state index contributed by atoms with van der Waals surface area (Å²) in [5.41, 5.74) is 5.73. The SMILES string of the molecule is CCCS(=O)(=O)N1CCCC1C(=O)NC1CCCC1CN. The number of amides is 1. The maximum absolute atomic E-state index is 12.5. The summed E-state index contributed by atoms with van der Waals surface area (Å²) in [5, 5.41) is 3.04. The van der Waals surface area contributed by atoms with Crippen molar-refractivity contribution < 1.29 is 13.2 Å². The minimum atomic E-state index is -3.31. The quantitative estimate of drug-likeness (QED) is 0.743. The first-order chi connectivity index (χ1) is 9.99. The van der Waals surface area contributed by atoms with E-state index >= 15 is 0 Å². The first kappa shape index (κ1) is 16.7. The maximum Gasteiger partial charge on any atom is 0.238 e. The van der Waals surface area contributed by atoms with Crippen molar-refractivity contribution in [3.8, 4) is 0 Å². The van der Waals surface area contributed by atoms with Gasteiger partial charge in [-0.25, -0.2) is 8.42 Å². The van der Waals surface area contributed by atoms with Crippen LogP contribution in [0.2, 0.25) is 0 Å². The van der Waals surface area contributed by atoms with Crippen LogP contribution in [0.5, 0.6) is 0 Å². The Kier molecular flexibility index (Phi) is 5.62. The van der Waals surface area contributed by atoms with E-state index < -0.39 is 16.1 Å². The highest BCUT2D eigenvalue weighted by Crippen LogP contribution is 2.26. The summed E-state index contributed by atoms with van der Waals surface area (Å²) in [4.78, 5) is 12.5. The summed E-state index contributed by atoms with van der Waals surface area (Å²) in [6, 6.07) is -0.417. The maximum atomic E-state index is 12.5. The lowest BCUT2D eigenvalue weighted by molar-refractivity contribution is -0.125. The van der Waals surface area contributed by atoms with Gasteiger partial charge in [0.2, 0.25) is 15.9 Å². The second-order valence-corrected chi connectivity index (χ2v) is 8.17. The van der Waals surface area contributed by atoms with Gasteiger partial charge in [-0.2, -0.15) is 4.31 Å². The fourth-order valence-corrected chi connectivity index (χ4v) is 5.24. The van der Waals surface area contributed by atoms with Gasteiger partial charge >= 0.3 is 0 Å². The molecule has 1 saturated heterocycles. The monoisotopic (exact) mass is 317 g/mol. The summed E-state index contributed by atoms with van der Waals surface area (Å²) in [5.74, 6) is 0.305. The highest BCUT2D eigenvalue weighted by Gasteiger charge is 2.39. The number of sulfonamides is 1. The summed E-state index contributed by atoms with van der Waals surface area (Å²) in [7, 11) is -3.31. The van der Waals surface area contributed by atoms with Crippen LogP contribution < -0.4 is 11.1 Å². The Morgan fingerprint density at radius 3 is 2.71 bits per heavy atom. The van der Waals surface area contributed by atoms with Gasteiger partial charge < -0.3 is 11.1 Å². The van der Waals surface area contributed by atoms with Crippen LogP contribution in [0.1, 0.15) is 45.4 Å². The number of nitrogens with two attached hydrogens (primary N) is 1. The van der Waals surface area contributed by atoms with Crippen LogP contribution in [0.4, 0.5) is 0 Å². The standard InChI is InChI=1S/C14H27N3O3S/c1-2-9-21(19,20)17-8-4-7-13(17)14(18)16-12-6-3-5-11(12)10-15/h11-13H,2-10,15H2,1H3,(H,16,18). The van der Waals surface area contributed by atoms with E-state index in [2.05, 4.69) is 5.32 Å². The molecule has 0 radical (unpaired) electrons. The van der Waals surface area contributed by atoms with Gasteiger partial charge in [0.05, 0.1) is 5.75 Å². The van der Waals surface area contributed by atoms with E-state index in [0.29, 0.717) is 31.8 Å². The first-order valence-corrected chi connectivity index (χ1v) is 9.60. The summed E-state index contributed by atoms with van der Waals surface area (Å²) in [6.45, 7) is 2.88. The van der Waals surface area contributed by atoms with Gasteiger partial charge in [0.25, 0.3) is 0 Å². The van der Waals surface area contributed by atoms with Crippen LogP contribution in [0.25, 0.3) is 0 Å². The van der Waals surface area contributed by atoms with Crippen molar-refractivity contribution in [2.75, 3.05) is 18.8 Å². The van der Waals surface area contributed by atoms with E-state index in [4.69, 9.17) is 5.73 Å². The van der Waals surface area contributed by atoms with Gasteiger partial charge in [-0.1, -0.05) is 13.3 Å². The number of hydrogen-bond acceptors (Lipinski definition) is 4. The molecule has 122 valence electrons. The summed E-state index contributed by atoms with van der Waals surface area (Å²) >= 11 is 0. The summed E-state index contributed by atoms with van der Waals surface area (Å²) < 4.78 is 25.9. The molecule has 0 aromatic heterocycles. The molecule has 1 saturated carbocycles. The largest absolute Gasteiger partial charge is 0.352 e. The minimum absolute atomic E-state index is 0.110. The Hall–Kier alpha value is -0.660. The Bertz CT molecular complexity index is 466. The average molecular weight is 317 g/mol. The normalized spacial score (nSPS) is 30.7. The zero-order valence-electron chi connectivity index (χ0n) is 12.8. The molecule has 6 nitrogen and oxygen atoms in total. The van der Waals surface area contributed by atoms with Gasteiger partial charge in [0, 0.05) is 12.6 Å². The molecule has 21 heavy (non-hydrogen) atoms. The van der Waals surface area contributed by atoms with Crippen molar-refractivity contribution in [3.63, 3.8) is 0 Å². The van der Waals surface area contributed by atoms with E-state index in [1.807, 2.05) is 6.92 Å². The Labute approximate surface area is 127 Å². The van der Waals surface area contributed by atoms with Crippen molar-refractivity contribution >= 4 is 15.9 Å². The molecule has 2 rings (SSSR count). The number of nitrogens with one attached hydrogen (secondary N) is 1. The third kappa shape index (κ3) is 3.76. The zero-order chi connectivity index (χ0) is 15.5. The lowest BCUT2D eigenvalue weighted by Gasteiger charge is -2.26. The fourth-order valence-electron chi connectivity index (χ4n) is 3.50. The fraction of sp³-hybridized carbons (Fsp3) is 0.929. The van der Waals surface area contributed by atoms with Crippen LogP contribution in [0, 0.1) is 5.92 Å². The molecule has 0 bridgehead atoms. The molecule has 7 heteroatoms. The van der Waals surface area contributed by atoms with E-state index in [1.54, 1.807) is 0 Å². The molecule has 3 N–H and O–H groups in total. The summed E-state index contributed by atoms with van der Waals surface area (Å²) in [6.07, 6.45) is 5.02. The molecule has 1 aliphatic heterocycles. The van der Waals surface area contributed by atoms with E-state index in [1.165, 1.54) is 4.31 Å². The smallest absolute Gasteiger partial charge is 0.238 e. The van der Waals surface area contributed by atoms with Crippen molar-refractivity contribution in [1.82, 2.24) is 9.62 Å². The van der Waals surface area contributed by atoms with Crippen LogP contribution in [-0.2, 0) is 14.8 Å². The molecule has 3 unspecified atom stereocenters. The van der Waals surface area contributed by atoms with Crippen LogP contribution in [-0.4, -0.2) is 49.6 Å². The second kappa shape index (κ2) is 7.07.